The highest BCUT2D eigenvalue weighted by Gasteiger charge is 2.16. The normalized spacial score (nSPS) is 10.8. The van der Waals surface area contributed by atoms with E-state index in [4.69, 9.17) is 0 Å². The van der Waals surface area contributed by atoms with E-state index in [0.717, 1.165) is 17.0 Å². The molecule has 0 N–H and O–H groups in total. The number of aromatic nitrogens is 3. The molecule has 0 saturated heterocycles. The summed E-state index contributed by atoms with van der Waals surface area (Å²) in [6, 6.07) is 8.35. The Kier molecular flexibility index (Phi) is 2.49. The van der Waals surface area contributed by atoms with Crippen molar-refractivity contribution in [2.45, 2.75) is 0 Å². The second kappa shape index (κ2) is 4.16. The molecular weight excluding hydrogens is 244 g/mol. The van der Waals surface area contributed by atoms with Crippen LogP contribution in [0.1, 0.15) is 0 Å². The van der Waals surface area contributed by atoms with Crippen molar-refractivity contribution in [3.8, 4) is 11.3 Å². The van der Waals surface area contributed by atoms with Crippen LogP contribution in [-0.4, -0.2) is 14.5 Å². The first-order valence-corrected chi connectivity index (χ1v) is 5.73. The van der Waals surface area contributed by atoms with E-state index >= 15 is 0 Å². The highest BCUT2D eigenvalue weighted by Crippen LogP contribution is 2.21. The lowest BCUT2D eigenvalue weighted by Gasteiger charge is -1.97. The Hall–Kier alpha value is -2.76. The Balaban J connectivity index is 2.13. The third-order valence-corrected chi connectivity index (χ3v) is 3.05. The summed E-state index contributed by atoms with van der Waals surface area (Å²) >= 11 is 0. The standard InChI is InChI=1S/C13H11N4O2/c1-15-12(9-16-8-2-7-14-13(15)16)10-3-5-11(6-4-10)17(18)19/h2-9H,1H3/q+1. The summed E-state index contributed by atoms with van der Waals surface area (Å²) in [5.41, 5.74) is 1.96. The van der Waals surface area contributed by atoms with E-state index in [1.165, 1.54) is 12.1 Å². The minimum Gasteiger partial charge on any atom is -0.258 e. The van der Waals surface area contributed by atoms with Gasteiger partial charge >= 0.3 is 5.78 Å². The second-order valence-corrected chi connectivity index (χ2v) is 4.20. The molecule has 0 atom stereocenters. The lowest BCUT2D eigenvalue weighted by Crippen LogP contribution is -2.19. The van der Waals surface area contributed by atoms with Gasteiger partial charge in [-0.25, -0.2) is 8.97 Å². The number of nitrogens with zero attached hydrogens (tertiary/aromatic N) is 4. The van der Waals surface area contributed by atoms with E-state index in [9.17, 15) is 10.1 Å². The largest absolute Gasteiger partial charge is 0.403 e. The predicted molar refractivity (Wildman–Crippen MR) is 68.5 cm³/mol. The first-order chi connectivity index (χ1) is 9.16. The summed E-state index contributed by atoms with van der Waals surface area (Å²) in [5.74, 6) is 0.816. The summed E-state index contributed by atoms with van der Waals surface area (Å²) in [7, 11) is 1.92. The molecule has 94 valence electrons. The van der Waals surface area contributed by atoms with Crippen molar-refractivity contribution in [2.24, 2.45) is 7.05 Å². The third-order valence-electron chi connectivity index (χ3n) is 3.05. The number of benzene rings is 1. The van der Waals surface area contributed by atoms with Gasteiger partial charge < -0.3 is 0 Å². The monoisotopic (exact) mass is 255 g/mol. The van der Waals surface area contributed by atoms with Gasteiger partial charge in [0.1, 0.15) is 18.1 Å². The average molecular weight is 255 g/mol. The Morgan fingerprint density at radius 2 is 2.05 bits per heavy atom. The van der Waals surface area contributed by atoms with Crippen LogP contribution in [0.2, 0.25) is 0 Å². The van der Waals surface area contributed by atoms with Gasteiger partial charge in [-0.2, -0.15) is 0 Å². The van der Waals surface area contributed by atoms with Crippen LogP contribution in [0.3, 0.4) is 0 Å². The van der Waals surface area contributed by atoms with E-state index in [0.29, 0.717) is 0 Å². The Labute approximate surface area is 108 Å². The van der Waals surface area contributed by atoms with Gasteiger partial charge in [-0.3, -0.25) is 10.1 Å². The third kappa shape index (κ3) is 1.83. The lowest BCUT2D eigenvalue weighted by molar-refractivity contribution is -0.513. The molecule has 3 rings (SSSR count). The highest BCUT2D eigenvalue weighted by molar-refractivity contribution is 5.61. The first-order valence-electron chi connectivity index (χ1n) is 5.73. The van der Waals surface area contributed by atoms with Crippen LogP contribution in [0.25, 0.3) is 17.0 Å². The topological polar surface area (TPSA) is 65.1 Å². The molecule has 0 radical (unpaired) electrons. The number of aryl methyl sites for hydroxylation is 1. The number of rotatable bonds is 2. The van der Waals surface area contributed by atoms with E-state index in [2.05, 4.69) is 4.98 Å². The fourth-order valence-electron chi connectivity index (χ4n) is 2.08. The van der Waals surface area contributed by atoms with Crippen LogP contribution in [0.4, 0.5) is 5.69 Å². The molecule has 0 bridgehead atoms. The van der Waals surface area contributed by atoms with Gasteiger partial charge in [0, 0.05) is 23.8 Å². The molecule has 0 saturated carbocycles. The summed E-state index contributed by atoms with van der Waals surface area (Å²) in [6.07, 6.45) is 5.59. The van der Waals surface area contributed by atoms with Gasteiger partial charge in [0.15, 0.2) is 0 Å². The maximum absolute atomic E-state index is 10.6. The van der Waals surface area contributed by atoms with E-state index < -0.39 is 4.92 Å². The number of fused-ring (bicyclic) bond motifs is 1. The molecule has 0 aliphatic rings. The van der Waals surface area contributed by atoms with Crippen LogP contribution in [0.15, 0.2) is 48.9 Å². The maximum atomic E-state index is 10.6. The van der Waals surface area contributed by atoms with Gasteiger partial charge in [-0.1, -0.05) is 4.98 Å². The average Bonchev–Trinajstić information content (AvgIpc) is 2.77. The fraction of sp³-hybridized carbons (Fsp3) is 0.0769. The summed E-state index contributed by atoms with van der Waals surface area (Å²) in [5, 5.41) is 10.6. The van der Waals surface area contributed by atoms with Crippen LogP contribution < -0.4 is 4.40 Å². The van der Waals surface area contributed by atoms with Gasteiger partial charge in [-0.05, 0) is 12.1 Å². The maximum Gasteiger partial charge on any atom is 0.403 e. The zero-order valence-electron chi connectivity index (χ0n) is 10.2. The zero-order valence-corrected chi connectivity index (χ0v) is 10.2. The van der Waals surface area contributed by atoms with E-state index in [1.807, 2.05) is 34.5 Å². The van der Waals surface area contributed by atoms with Crippen LogP contribution in [0.5, 0.6) is 0 Å². The molecule has 0 aliphatic heterocycles. The van der Waals surface area contributed by atoms with Gasteiger partial charge in [0.25, 0.3) is 5.69 Å². The molecule has 0 amide bonds. The lowest BCUT2D eigenvalue weighted by atomic mass is 10.1. The van der Waals surface area contributed by atoms with Crippen molar-refractivity contribution < 1.29 is 9.32 Å². The zero-order chi connectivity index (χ0) is 13.4. The van der Waals surface area contributed by atoms with Gasteiger partial charge in [0.2, 0.25) is 0 Å². The molecule has 19 heavy (non-hydrogen) atoms. The second-order valence-electron chi connectivity index (χ2n) is 4.20. The smallest absolute Gasteiger partial charge is 0.258 e. The van der Waals surface area contributed by atoms with Gasteiger partial charge in [0.05, 0.1) is 18.2 Å². The first kappa shape index (κ1) is 11.3. The van der Waals surface area contributed by atoms with Crippen LogP contribution >= 0.6 is 0 Å². The SMILES string of the molecule is Cn1c(-c2ccc([N+](=O)[O-])cc2)c[n+]2cccnc12. The molecule has 6 heteroatoms. The Morgan fingerprint density at radius 1 is 1.32 bits per heavy atom. The number of nitro benzene ring substituents is 1. The molecule has 0 unspecified atom stereocenters. The molecule has 1 aromatic carbocycles. The van der Waals surface area contributed by atoms with E-state index in [-0.39, 0.29) is 5.69 Å². The number of imidazole rings is 1. The van der Waals surface area contributed by atoms with Crippen molar-refractivity contribution in [1.29, 1.82) is 0 Å². The number of hydrogen-bond donors (Lipinski definition) is 0. The Morgan fingerprint density at radius 3 is 2.68 bits per heavy atom. The van der Waals surface area contributed by atoms with Crippen molar-refractivity contribution in [2.75, 3.05) is 0 Å². The molecule has 2 aromatic heterocycles. The van der Waals surface area contributed by atoms with Crippen LogP contribution in [0, 0.1) is 10.1 Å². The molecular formula is C13H11N4O2+. The number of nitro groups is 1. The quantitative estimate of drug-likeness (QED) is 0.398. The van der Waals surface area contributed by atoms with Crippen molar-refractivity contribution in [1.82, 2.24) is 9.55 Å². The number of non-ortho nitro benzene ring substituents is 1. The van der Waals surface area contributed by atoms with Gasteiger partial charge in [-0.15, -0.1) is 0 Å². The van der Waals surface area contributed by atoms with Crippen molar-refractivity contribution in [3.63, 3.8) is 0 Å². The summed E-state index contributed by atoms with van der Waals surface area (Å²) in [4.78, 5) is 14.5. The molecule has 0 aliphatic carbocycles. The molecule has 3 aromatic rings. The molecule has 2 heterocycles. The molecule has 0 fully saturated rings. The van der Waals surface area contributed by atoms with Crippen molar-refractivity contribution >= 4 is 11.5 Å². The summed E-state index contributed by atoms with van der Waals surface area (Å²) < 4.78 is 3.86. The molecule has 0 spiro atoms. The van der Waals surface area contributed by atoms with Crippen molar-refractivity contribution in [3.05, 3.63) is 59.0 Å². The minimum absolute atomic E-state index is 0.0910. The molecule has 6 nitrogen and oxygen atoms in total. The Bertz CT molecular complexity index is 762. The number of hydrogen-bond acceptors (Lipinski definition) is 3. The van der Waals surface area contributed by atoms with E-state index in [1.54, 1.807) is 18.3 Å². The summed E-state index contributed by atoms with van der Waals surface area (Å²) in [6.45, 7) is 0. The highest BCUT2D eigenvalue weighted by atomic mass is 16.6. The van der Waals surface area contributed by atoms with Crippen LogP contribution in [-0.2, 0) is 7.05 Å². The fourth-order valence-corrected chi connectivity index (χ4v) is 2.08. The minimum atomic E-state index is -0.401. The predicted octanol–water partition coefficient (Wildman–Crippen LogP) is 1.73.